The van der Waals surface area contributed by atoms with E-state index in [2.05, 4.69) is 5.10 Å². The van der Waals surface area contributed by atoms with Crippen LogP contribution in [0.25, 0.3) is 16.7 Å². The lowest BCUT2D eigenvalue weighted by atomic mass is 10.2. The molecule has 4 rings (SSSR count). The number of aromatic nitrogens is 4. The smallest absolute Gasteiger partial charge is 0.302 e. The second kappa shape index (κ2) is 8.69. The zero-order chi connectivity index (χ0) is 24.8. The SMILES string of the molecule is CCn1c(=O)c(=O)n(Cc2ccc(-n3nc(C)cc3C)cc2)c2cc(S(=O)(=O)N(C)C)ccc21. The van der Waals surface area contributed by atoms with Crippen LogP contribution >= 0.6 is 0 Å². The number of hydrogen-bond donors (Lipinski definition) is 0. The third kappa shape index (κ3) is 3.99. The summed E-state index contributed by atoms with van der Waals surface area (Å²) in [6.07, 6.45) is 0. The van der Waals surface area contributed by atoms with E-state index in [-0.39, 0.29) is 11.4 Å². The fourth-order valence-electron chi connectivity index (χ4n) is 4.06. The Bertz CT molecular complexity index is 1610. The molecule has 178 valence electrons. The topological polar surface area (TPSA) is 99.2 Å². The van der Waals surface area contributed by atoms with Gasteiger partial charge in [-0.05, 0) is 62.7 Å². The number of fused-ring (bicyclic) bond motifs is 1. The molecule has 0 aliphatic carbocycles. The number of aryl methyl sites for hydroxylation is 3. The summed E-state index contributed by atoms with van der Waals surface area (Å²) in [5.74, 6) is 0. The monoisotopic (exact) mass is 481 g/mol. The zero-order valence-electron chi connectivity index (χ0n) is 19.8. The Morgan fingerprint density at radius 1 is 0.882 bits per heavy atom. The van der Waals surface area contributed by atoms with Crippen LogP contribution in [0.2, 0.25) is 0 Å². The molecule has 0 radical (unpaired) electrons. The molecule has 2 aromatic heterocycles. The summed E-state index contributed by atoms with van der Waals surface area (Å²) in [7, 11) is -0.821. The number of hydrogen-bond acceptors (Lipinski definition) is 5. The molecule has 0 bridgehead atoms. The summed E-state index contributed by atoms with van der Waals surface area (Å²) in [6.45, 7) is 6.09. The van der Waals surface area contributed by atoms with Gasteiger partial charge in [0.15, 0.2) is 0 Å². The highest BCUT2D eigenvalue weighted by Crippen LogP contribution is 2.21. The van der Waals surface area contributed by atoms with E-state index in [0.717, 1.165) is 26.9 Å². The van der Waals surface area contributed by atoms with Gasteiger partial charge in [-0.15, -0.1) is 0 Å². The van der Waals surface area contributed by atoms with E-state index in [9.17, 15) is 18.0 Å². The van der Waals surface area contributed by atoms with Gasteiger partial charge in [-0.2, -0.15) is 5.10 Å². The summed E-state index contributed by atoms with van der Waals surface area (Å²) in [5, 5.41) is 4.48. The average Bonchev–Trinajstić information content (AvgIpc) is 3.15. The van der Waals surface area contributed by atoms with Gasteiger partial charge >= 0.3 is 11.1 Å². The number of rotatable bonds is 6. The van der Waals surface area contributed by atoms with Crippen molar-refractivity contribution in [2.75, 3.05) is 14.1 Å². The molecular formula is C24H27N5O4S. The van der Waals surface area contributed by atoms with Crippen LogP contribution < -0.4 is 11.1 Å². The minimum Gasteiger partial charge on any atom is -0.302 e. The first-order valence-corrected chi connectivity index (χ1v) is 12.3. The van der Waals surface area contributed by atoms with Gasteiger partial charge in [-0.25, -0.2) is 17.4 Å². The number of benzene rings is 2. The highest BCUT2D eigenvalue weighted by Gasteiger charge is 2.20. The maximum atomic E-state index is 13.1. The van der Waals surface area contributed by atoms with Crippen LogP contribution in [0.4, 0.5) is 0 Å². The van der Waals surface area contributed by atoms with Gasteiger partial charge in [0.25, 0.3) is 0 Å². The summed E-state index contributed by atoms with van der Waals surface area (Å²) in [4.78, 5) is 25.9. The minimum atomic E-state index is -3.72. The van der Waals surface area contributed by atoms with E-state index in [4.69, 9.17) is 0 Å². The van der Waals surface area contributed by atoms with Gasteiger partial charge in [-0.1, -0.05) is 12.1 Å². The second-order valence-corrected chi connectivity index (χ2v) is 10.5. The van der Waals surface area contributed by atoms with Crippen molar-refractivity contribution in [3.8, 4) is 5.69 Å². The van der Waals surface area contributed by atoms with Crippen molar-refractivity contribution in [2.45, 2.75) is 38.8 Å². The molecule has 0 fully saturated rings. The van der Waals surface area contributed by atoms with Crippen molar-refractivity contribution in [1.82, 2.24) is 23.2 Å². The molecule has 0 atom stereocenters. The Morgan fingerprint density at radius 2 is 1.53 bits per heavy atom. The number of sulfonamides is 1. The van der Waals surface area contributed by atoms with Crippen molar-refractivity contribution in [1.29, 1.82) is 0 Å². The Morgan fingerprint density at radius 3 is 2.09 bits per heavy atom. The van der Waals surface area contributed by atoms with Crippen molar-refractivity contribution in [2.24, 2.45) is 0 Å². The highest BCUT2D eigenvalue weighted by atomic mass is 32.2. The lowest BCUT2D eigenvalue weighted by Crippen LogP contribution is -2.41. The van der Waals surface area contributed by atoms with E-state index < -0.39 is 21.1 Å². The molecule has 0 amide bonds. The van der Waals surface area contributed by atoms with Crippen LogP contribution in [0.3, 0.4) is 0 Å². The van der Waals surface area contributed by atoms with E-state index in [1.807, 2.05) is 48.9 Å². The quantitative estimate of drug-likeness (QED) is 0.394. The van der Waals surface area contributed by atoms with E-state index in [0.29, 0.717) is 17.6 Å². The van der Waals surface area contributed by atoms with Crippen molar-refractivity contribution in [3.63, 3.8) is 0 Å². The molecule has 9 nitrogen and oxygen atoms in total. The first-order chi connectivity index (χ1) is 16.0. The molecule has 2 aromatic carbocycles. The first kappa shape index (κ1) is 23.7. The Kier molecular flexibility index (Phi) is 6.05. The molecule has 34 heavy (non-hydrogen) atoms. The van der Waals surface area contributed by atoms with Crippen molar-refractivity contribution in [3.05, 3.63) is 86.2 Å². The summed E-state index contributed by atoms with van der Waals surface area (Å²) in [5.41, 5.74) is 3.15. The van der Waals surface area contributed by atoms with Crippen LogP contribution in [0.1, 0.15) is 23.9 Å². The minimum absolute atomic E-state index is 0.0549. The molecule has 0 spiro atoms. The lowest BCUT2D eigenvalue weighted by molar-refractivity contribution is 0.521. The molecule has 0 unspecified atom stereocenters. The van der Waals surface area contributed by atoms with Gasteiger partial charge < -0.3 is 4.57 Å². The maximum Gasteiger partial charge on any atom is 0.317 e. The Hall–Kier alpha value is -3.50. The normalized spacial score (nSPS) is 12.1. The molecular weight excluding hydrogens is 454 g/mol. The van der Waals surface area contributed by atoms with Gasteiger partial charge in [0, 0.05) is 26.3 Å². The van der Waals surface area contributed by atoms with Crippen molar-refractivity contribution >= 4 is 21.1 Å². The van der Waals surface area contributed by atoms with Gasteiger partial charge in [-0.3, -0.25) is 14.2 Å². The van der Waals surface area contributed by atoms with Crippen molar-refractivity contribution < 1.29 is 8.42 Å². The predicted octanol–water partition coefficient (Wildman–Crippen LogP) is 2.28. The molecule has 0 saturated heterocycles. The largest absolute Gasteiger partial charge is 0.317 e. The Balaban J connectivity index is 1.86. The molecule has 0 aliphatic heterocycles. The summed E-state index contributed by atoms with van der Waals surface area (Å²) in [6, 6.07) is 14.0. The van der Waals surface area contributed by atoms with E-state index in [1.54, 1.807) is 13.0 Å². The highest BCUT2D eigenvalue weighted by molar-refractivity contribution is 7.89. The lowest BCUT2D eigenvalue weighted by Gasteiger charge is -2.17. The van der Waals surface area contributed by atoms with E-state index in [1.165, 1.54) is 35.4 Å². The molecule has 4 aromatic rings. The Labute approximate surface area is 197 Å². The van der Waals surface area contributed by atoms with Gasteiger partial charge in [0.05, 0.1) is 33.9 Å². The summed E-state index contributed by atoms with van der Waals surface area (Å²) < 4.78 is 31.1. The van der Waals surface area contributed by atoms with E-state index >= 15 is 0 Å². The zero-order valence-corrected chi connectivity index (χ0v) is 20.6. The molecule has 0 N–H and O–H groups in total. The molecule has 0 aliphatic rings. The second-order valence-electron chi connectivity index (χ2n) is 8.38. The third-order valence-electron chi connectivity index (χ3n) is 5.83. The summed E-state index contributed by atoms with van der Waals surface area (Å²) >= 11 is 0. The van der Waals surface area contributed by atoms with Crippen LogP contribution in [0.5, 0.6) is 0 Å². The standard InChI is InChI=1S/C24H27N5O4S/c1-6-27-21-12-11-20(34(32,33)26(4)5)14-22(21)28(24(31)23(27)30)15-18-7-9-19(10-8-18)29-17(3)13-16(2)25-29/h7-14H,6,15H2,1-5H3. The fraction of sp³-hybridized carbons (Fsp3) is 0.292. The van der Waals surface area contributed by atoms with Gasteiger partial charge in [0.2, 0.25) is 10.0 Å². The molecule has 2 heterocycles. The predicted molar refractivity (Wildman–Crippen MR) is 131 cm³/mol. The van der Waals surface area contributed by atoms with Gasteiger partial charge in [0.1, 0.15) is 0 Å². The first-order valence-electron chi connectivity index (χ1n) is 10.9. The molecule has 10 heteroatoms. The van der Waals surface area contributed by atoms with Crippen LogP contribution in [0, 0.1) is 13.8 Å². The van der Waals surface area contributed by atoms with Crippen LogP contribution in [-0.2, 0) is 23.1 Å². The number of nitrogens with zero attached hydrogens (tertiary/aromatic N) is 5. The maximum absolute atomic E-state index is 13.1. The fourth-order valence-corrected chi connectivity index (χ4v) is 4.98. The van der Waals surface area contributed by atoms with Crippen LogP contribution in [-0.4, -0.2) is 45.7 Å². The van der Waals surface area contributed by atoms with Crippen LogP contribution in [0.15, 0.2) is 63.0 Å². The average molecular weight is 482 g/mol. The third-order valence-corrected chi connectivity index (χ3v) is 7.64. The molecule has 0 saturated carbocycles.